The number of carbonyl (C=O) groups is 3. The molecular weight excluding hydrogens is 593 g/mol. The van der Waals surface area contributed by atoms with Gasteiger partial charge in [-0.3, -0.25) is 9.59 Å². The second-order valence-electron chi connectivity index (χ2n) is 12.7. The molecule has 0 bridgehead atoms. The molecule has 0 radical (unpaired) electrons. The topological polar surface area (TPSA) is 123 Å². The van der Waals surface area contributed by atoms with Gasteiger partial charge >= 0.3 is 13.7 Å². The molecule has 0 aromatic heterocycles. The van der Waals surface area contributed by atoms with Gasteiger partial charge in [-0.15, -0.1) is 0 Å². The monoisotopic (exact) mass is 643 g/mol. The standard InChI is InChI=1S/C34H50N3O7P/c1-9-24-14-18-26(19-15-24)43-45(41,44-27-20-16-25(10-2)17-21-27)29(11-3)35-31(38)28-13-12-22-37(28)32(39)30(23(4)5)36-33(40)42-34(6,7)8/h14-21,23,28-30H,9-13,22H2,1-8H3,(H,35,38)(H,36,40)/t28-,29?,30-/m0/s1. The summed E-state index contributed by atoms with van der Waals surface area (Å²) in [6.45, 7) is 15.1. The highest BCUT2D eigenvalue weighted by Gasteiger charge is 2.44. The van der Waals surface area contributed by atoms with E-state index in [-0.39, 0.29) is 18.2 Å². The van der Waals surface area contributed by atoms with Crippen molar-refractivity contribution in [2.75, 3.05) is 6.54 Å². The van der Waals surface area contributed by atoms with E-state index in [4.69, 9.17) is 13.8 Å². The third kappa shape index (κ3) is 9.98. The van der Waals surface area contributed by atoms with Crippen LogP contribution in [0.25, 0.3) is 0 Å². The second-order valence-corrected chi connectivity index (χ2v) is 14.8. The van der Waals surface area contributed by atoms with Gasteiger partial charge in [0.15, 0.2) is 5.78 Å². The van der Waals surface area contributed by atoms with Gasteiger partial charge in [-0.2, -0.15) is 0 Å². The molecule has 3 rings (SSSR count). The predicted octanol–water partition coefficient (Wildman–Crippen LogP) is 6.85. The van der Waals surface area contributed by atoms with E-state index in [9.17, 15) is 18.9 Å². The lowest BCUT2D eigenvalue weighted by Crippen LogP contribution is -2.56. The lowest BCUT2D eigenvalue weighted by molar-refractivity contribution is -0.141. The Hall–Kier alpha value is -3.52. The van der Waals surface area contributed by atoms with E-state index in [1.807, 2.05) is 52.0 Å². The van der Waals surface area contributed by atoms with Crippen LogP contribution in [0.2, 0.25) is 0 Å². The van der Waals surface area contributed by atoms with Gasteiger partial charge < -0.3 is 29.3 Å². The van der Waals surface area contributed by atoms with Crippen molar-refractivity contribution in [2.45, 2.75) is 111 Å². The number of nitrogens with zero attached hydrogens (tertiary/aromatic N) is 1. The Kier molecular flexibility index (Phi) is 12.5. The van der Waals surface area contributed by atoms with E-state index < -0.39 is 43.1 Å². The van der Waals surface area contributed by atoms with E-state index in [2.05, 4.69) is 10.6 Å². The summed E-state index contributed by atoms with van der Waals surface area (Å²) in [5, 5.41) is 5.59. The quantitative estimate of drug-likeness (QED) is 0.229. The number of hydrogen-bond acceptors (Lipinski definition) is 7. The lowest BCUT2D eigenvalue weighted by atomic mass is 10.0. The summed E-state index contributed by atoms with van der Waals surface area (Å²) < 4.78 is 32.1. The normalized spacial score (nSPS) is 16.6. The molecule has 248 valence electrons. The maximum atomic E-state index is 14.6. The van der Waals surface area contributed by atoms with Crippen molar-refractivity contribution in [3.05, 3.63) is 59.7 Å². The van der Waals surface area contributed by atoms with Crippen LogP contribution in [0.15, 0.2) is 48.5 Å². The third-order valence-corrected chi connectivity index (χ3v) is 9.84. The number of aryl methyl sites for hydroxylation is 2. The highest BCUT2D eigenvalue weighted by Crippen LogP contribution is 2.53. The van der Waals surface area contributed by atoms with Gasteiger partial charge in [0.25, 0.3) is 0 Å². The first kappa shape index (κ1) is 36.0. The Morgan fingerprint density at radius 3 is 1.82 bits per heavy atom. The number of hydrogen-bond donors (Lipinski definition) is 2. The molecular formula is C34H50N3O7P. The van der Waals surface area contributed by atoms with Crippen LogP contribution in [0, 0.1) is 5.92 Å². The van der Waals surface area contributed by atoms with E-state index in [1.54, 1.807) is 52.0 Å². The van der Waals surface area contributed by atoms with Crippen LogP contribution < -0.4 is 19.7 Å². The molecule has 1 saturated heterocycles. The number of carbonyl (C=O) groups excluding carboxylic acids is 3. The van der Waals surface area contributed by atoms with Crippen LogP contribution in [0.5, 0.6) is 11.5 Å². The van der Waals surface area contributed by atoms with E-state index in [1.165, 1.54) is 4.90 Å². The Morgan fingerprint density at radius 2 is 1.40 bits per heavy atom. The fourth-order valence-electron chi connectivity index (χ4n) is 5.11. The molecule has 11 heteroatoms. The summed E-state index contributed by atoms with van der Waals surface area (Å²) in [5.74, 6) is -1.36. The van der Waals surface area contributed by atoms with Crippen LogP contribution >= 0.6 is 7.60 Å². The molecule has 1 aliphatic heterocycles. The Morgan fingerprint density at radius 1 is 0.889 bits per heavy atom. The summed E-state index contributed by atoms with van der Waals surface area (Å²) in [4.78, 5) is 41.5. The maximum Gasteiger partial charge on any atom is 0.452 e. The zero-order valence-corrected chi connectivity index (χ0v) is 28.8. The number of benzene rings is 2. The molecule has 0 spiro atoms. The molecule has 1 fully saturated rings. The van der Waals surface area contributed by atoms with Crippen molar-refractivity contribution in [1.29, 1.82) is 0 Å². The van der Waals surface area contributed by atoms with Gasteiger partial charge in [0, 0.05) is 6.54 Å². The van der Waals surface area contributed by atoms with Crippen molar-refractivity contribution < 1.29 is 32.7 Å². The largest absolute Gasteiger partial charge is 0.452 e. The molecule has 2 aromatic rings. The Balaban J connectivity index is 1.84. The van der Waals surface area contributed by atoms with Gasteiger partial charge in [-0.05, 0) is 94.2 Å². The minimum absolute atomic E-state index is 0.249. The third-order valence-electron chi connectivity index (χ3n) is 7.65. The number of ether oxygens (including phenoxy) is 1. The molecule has 1 unspecified atom stereocenters. The fraction of sp³-hybridized carbons (Fsp3) is 0.559. The molecule has 10 nitrogen and oxygen atoms in total. The molecule has 2 aromatic carbocycles. The van der Waals surface area contributed by atoms with E-state index in [0.29, 0.717) is 30.9 Å². The lowest BCUT2D eigenvalue weighted by Gasteiger charge is -2.32. The van der Waals surface area contributed by atoms with E-state index >= 15 is 0 Å². The van der Waals surface area contributed by atoms with Crippen LogP contribution in [-0.2, 0) is 31.7 Å². The first-order valence-corrected chi connectivity index (χ1v) is 17.6. The number of alkyl carbamates (subject to hydrolysis) is 1. The fourth-order valence-corrected chi connectivity index (χ4v) is 6.96. The van der Waals surface area contributed by atoms with Gasteiger partial charge in [-0.1, -0.05) is 58.9 Å². The summed E-state index contributed by atoms with van der Waals surface area (Å²) >= 11 is 0. The van der Waals surface area contributed by atoms with Crippen LogP contribution in [-0.4, -0.2) is 52.8 Å². The molecule has 3 atom stereocenters. The average Bonchev–Trinajstić information content (AvgIpc) is 3.48. The van der Waals surface area contributed by atoms with Crippen molar-refractivity contribution in [2.24, 2.45) is 5.92 Å². The Labute approximate surface area is 268 Å². The minimum Gasteiger partial charge on any atom is -0.444 e. The molecule has 3 amide bonds. The molecule has 45 heavy (non-hydrogen) atoms. The molecule has 1 aliphatic rings. The van der Waals surface area contributed by atoms with Crippen LogP contribution in [0.1, 0.15) is 85.8 Å². The zero-order valence-electron chi connectivity index (χ0n) is 27.9. The molecule has 0 saturated carbocycles. The van der Waals surface area contributed by atoms with Gasteiger partial charge in [0.1, 0.15) is 29.2 Å². The number of likely N-dealkylation sites (tertiary alicyclic amines) is 1. The van der Waals surface area contributed by atoms with Gasteiger partial charge in [-0.25, -0.2) is 9.36 Å². The summed E-state index contributed by atoms with van der Waals surface area (Å²) in [6.07, 6.45) is 2.26. The Bertz CT molecular complexity index is 1290. The van der Waals surface area contributed by atoms with Crippen molar-refractivity contribution in [1.82, 2.24) is 15.5 Å². The van der Waals surface area contributed by atoms with E-state index in [0.717, 1.165) is 24.0 Å². The van der Waals surface area contributed by atoms with Crippen LogP contribution in [0.3, 0.4) is 0 Å². The molecule has 0 aliphatic carbocycles. The van der Waals surface area contributed by atoms with Crippen molar-refractivity contribution >= 4 is 25.5 Å². The average molecular weight is 644 g/mol. The first-order chi connectivity index (χ1) is 21.2. The molecule has 2 N–H and O–H groups in total. The maximum absolute atomic E-state index is 14.6. The van der Waals surface area contributed by atoms with Crippen molar-refractivity contribution in [3.8, 4) is 11.5 Å². The smallest absolute Gasteiger partial charge is 0.444 e. The SMILES string of the molecule is CCc1ccc(OP(=O)(Oc2ccc(CC)cc2)C(CC)NC(=O)[C@@H]2CCCN2C(=O)[C@@H](NC(=O)OC(C)(C)C)C(C)C)cc1. The highest BCUT2D eigenvalue weighted by molar-refractivity contribution is 7.55. The summed E-state index contributed by atoms with van der Waals surface area (Å²) in [6, 6.07) is 12.9. The highest BCUT2D eigenvalue weighted by atomic mass is 31.2. The zero-order chi connectivity index (χ0) is 33.4. The van der Waals surface area contributed by atoms with Crippen LogP contribution in [0.4, 0.5) is 4.79 Å². The second kappa shape index (κ2) is 15.7. The number of amides is 3. The first-order valence-electron chi connectivity index (χ1n) is 16.0. The number of rotatable bonds is 13. The minimum atomic E-state index is -4.04. The van der Waals surface area contributed by atoms with Gasteiger partial charge in [0.05, 0.1) is 0 Å². The number of nitrogens with one attached hydrogen (secondary N) is 2. The predicted molar refractivity (Wildman–Crippen MR) is 175 cm³/mol. The summed E-state index contributed by atoms with van der Waals surface area (Å²) in [5.41, 5.74) is 1.47. The summed E-state index contributed by atoms with van der Waals surface area (Å²) in [7, 11) is -4.04. The van der Waals surface area contributed by atoms with Crippen molar-refractivity contribution in [3.63, 3.8) is 0 Å². The molecule has 1 heterocycles. The van der Waals surface area contributed by atoms with Gasteiger partial charge in [0.2, 0.25) is 11.8 Å².